The minimum atomic E-state index is -3.11. The van der Waals surface area contributed by atoms with Gasteiger partial charge in [-0.3, -0.25) is 9.79 Å². The zero-order valence-corrected chi connectivity index (χ0v) is 20.0. The maximum Gasteiger partial charge on any atom is 0.227 e. The Morgan fingerprint density at radius 2 is 2.07 bits per heavy atom. The summed E-state index contributed by atoms with van der Waals surface area (Å²) in [4.78, 5) is 22.7. The van der Waals surface area contributed by atoms with Crippen molar-refractivity contribution in [2.24, 2.45) is 4.99 Å². The number of amides is 1. The minimum absolute atomic E-state index is 0. The van der Waals surface area contributed by atoms with E-state index in [0.29, 0.717) is 38.0 Å². The number of carbonyl (C=O) groups excluding carboxylic acids is 1. The van der Waals surface area contributed by atoms with E-state index < -0.39 is 14.6 Å². The Balaban J connectivity index is 0.00000392. The predicted octanol–water partition coefficient (Wildman–Crippen LogP) is 1.81. The van der Waals surface area contributed by atoms with Gasteiger partial charge in [-0.1, -0.05) is 6.07 Å². The van der Waals surface area contributed by atoms with Gasteiger partial charge in [-0.15, -0.1) is 24.0 Å². The van der Waals surface area contributed by atoms with Gasteiger partial charge in [0.25, 0.3) is 0 Å². The average Bonchev–Trinajstić information content (AvgIpc) is 2.59. The van der Waals surface area contributed by atoms with Crippen LogP contribution >= 0.6 is 24.0 Å². The van der Waals surface area contributed by atoms with E-state index >= 15 is 0 Å². The van der Waals surface area contributed by atoms with Crippen molar-refractivity contribution in [1.29, 1.82) is 0 Å². The number of hydrogen-bond donors (Lipinski definition) is 2. The zero-order valence-electron chi connectivity index (χ0n) is 16.9. The number of rotatable bonds is 5. The van der Waals surface area contributed by atoms with Crippen LogP contribution in [0.5, 0.6) is 0 Å². The first-order valence-corrected chi connectivity index (χ1v) is 10.8. The molecule has 0 atom stereocenters. The highest BCUT2D eigenvalue weighted by atomic mass is 127. The van der Waals surface area contributed by atoms with Gasteiger partial charge in [-0.2, -0.15) is 0 Å². The standard InChI is InChI=1S/C18H29N5O3S.HI/c1-5-19-17(23-10-11-27(25,26)18(3,4)13-23)20-9-8-16(24)22-15-7-6-14(2)12-21-15;/h6-7,12H,5,8-11,13H2,1-4H3,(H,19,20)(H,21,22,24);1H. The molecule has 10 heteroatoms. The van der Waals surface area contributed by atoms with Crippen LogP contribution in [-0.4, -0.2) is 66.8 Å². The van der Waals surface area contributed by atoms with Crippen LogP contribution in [0.4, 0.5) is 5.82 Å². The van der Waals surface area contributed by atoms with Gasteiger partial charge < -0.3 is 15.5 Å². The molecular formula is C18H30IN5O3S. The van der Waals surface area contributed by atoms with E-state index in [4.69, 9.17) is 0 Å². The number of hydrogen-bond acceptors (Lipinski definition) is 5. The van der Waals surface area contributed by atoms with Gasteiger partial charge in [-0.25, -0.2) is 13.4 Å². The number of aromatic nitrogens is 1. The Labute approximate surface area is 184 Å². The van der Waals surface area contributed by atoms with Crippen LogP contribution in [0.2, 0.25) is 0 Å². The summed E-state index contributed by atoms with van der Waals surface area (Å²) >= 11 is 0. The van der Waals surface area contributed by atoms with Crippen LogP contribution < -0.4 is 10.6 Å². The Morgan fingerprint density at radius 3 is 2.64 bits per heavy atom. The van der Waals surface area contributed by atoms with Crippen molar-refractivity contribution in [3.05, 3.63) is 23.9 Å². The number of nitrogens with zero attached hydrogens (tertiary/aromatic N) is 3. The quantitative estimate of drug-likeness (QED) is 0.347. The van der Waals surface area contributed by atoms with Crippen LogP contribution in [0.25, 0.3) is 0 Å². The van der Waals surface area contributed by atoms with Crippen LogP contribution in [-0.2, 0) is 14.6 Å². The number of sulfone groups is 1. The third-order valence-electron chi connectivity index (χ3n) is 4.46. The molecule has 1 saturated heterocycles. The molecule has 2 heterocycles. The van der Waals surface area contributed by atoms with E-state index in [1.165, 1.54) is 0 Å². The number of anilines is 1. The van der Waals surface area contributed by atoms with Gasteiger partial charge in [0.05, 0.1) is 17.0 Å². The van der Waals surface area contributed by atoms with Gasteiger partial charge in [-0.05, 0) is 39.3 Å². The summed E-state index contributed by atoms with van der Waals surface area (Å²) in [5.41, 5.74) is 1.03. The van der Waals surface area contributed by atoms with E-state index in [0.717, 1.165) is 5.56 Å². The number of aliphatic imine (C=N–C) groups is 1. The Morgan fingerprint density at radius 1 is 1.36 bits per heavy atom. The molecular weight excluding hydrogens is 493 g/mol. The van der Waals surface area contributed by atoms with Gasteiger partial charge in [0, 0.05) is 32.3 Å². The second kappa shape index (κ2) is 10.4. The molecule has 28 heavy (non-hydrogen) atoms. The van der Waals surface area contributed by atoms with Crippen molar-refractivity contribution < 1.29 is 13.2 Å². The Kier molecular flexibility index (Phi) is 9.12. The summed E-state index contributed by atoms with van der Waals surface area (Å²) in [5.74, 6) is 1.10. The molecule has 158 valence electrons. The van der Waals surface area contributed by atoms with Crippen molar-refractivity contribution in [3.63, 3.8) is 0 Å². The average molecular weight is 523 g/mol. The van der Waals surface area contributed by atoms with E-state index in [1.807, 2.05) is 24.8 Å². The zero-order chi connectivity index (χ0) is 20.1. The predicted molar refractivity (Wildman–Crippen MR) is 123 cm³/mol. The largest absolute Gasteiger partial charge is 0.357 e. The Hall–Kier alpha value is -1.43. The first-order chi connectivity index (χ1) is 12.6. The highest BCUT2D eigenvalue weighted by Crippen LogP contribution is 2.23. The molecule has 1 aromatic heterocycles. The van der Waals surface area contributed by atoms with Crippen molar-refractivity contribution in [1.82, 2.24) is 15.2 Å². The molecule has 2 rings (SSSR count). The maximum atomic E-state index is 12.2. The second-order valence-electron chi connectivity index (χ2n) is 7.25. The van der Waals surface area contributed by atoms with Crippen LogP contribution in [0.3, 0.4) is 0 Å². The highest BCUT2D eigenvalue weighted by molar-refractivity contribution is 14.0. The van der Waals surface area contributed by atoms with Gasteiger partial charge in [0.2, 0.25) is 5.91 Å². The molecule has 1 aliphatic rings. The van der Waals surface area contributed by atoms with Crippen LogP contribution in [0.15, 0.2) is 23.3 Å². The summed E-state index contributed by atoms with van der Waals surface area (Å²) in [5, 5.41) is 5.93. The van der Waals surface area contributed by atoms with Gasteiger partial charge in [0.15, 0.2) is 15.8 Å². The lowest BCUT2D eigenvalue weighted by Gasteiger charge is -2.39. The molecule has 0 aromatic carbocycles. The van der Waals surface area contributed by atoms with Crippen molar-refractivity contribution in [2.45, 2.75) is 38.9 Å². The first-order valence-electron chi connectivity index (χ1n) is 9.13. The lowest BCUT2D eigenvalue weighted by Crippen LogP contribution is -2.57. The maximum absolute atomic E-state index is 12.2. The van der Waals surface area contributed by atoms with Crippen LogP contribution in [0, 0.1) is 6.92 Å². The molecule has 8 nitrogen and oxygen atoms in total. The number of pyridine rings is 1. The fourth-order valence-electron chi connectivity index (χ4n) is 2.76. The van der Waals surface area contributed by atoms with Crippen molar-refractivity contribution >= 4 is 51.5 Å². The molecule has 1 amide bonds. The molecule has 1 aliphatic heterocycles. The van der Waals surface area contributed by atoms with E-state index in [-0.39, 0.29) is 42.1 Å². The summed E-state index contributed by atoms with van der Waals surface area (Å²) in [6.07, 6.45) is 1.92. The number of halogens is 1. The summed E-state index contributed by atoms with van der Waals surface area (Å²) in [7, 11) is -3.11. The molecule has 0 bridgehead atoms. The topological polar surface area (TPSA) is 104 Å². The van der Waals surface area contributed by atoms with E-state index in [9.17, 15) is 13.2 Å². The fraction of sp³-hybridized carbons (Fsp3) is 0.611. The van der Waals surface area contributed by atoms with E-state index in [2.05, 4.69) is 20.6 Å². The lowest BCUT2D eigenvalue weighted by atomic mass is 10.2. The summed E-state index contributed by atoms with van der Waals surface area (Å²) in [6.45, 7) is 9.11. The fourth-order valence-corrected chi connectivity index (χ4v) is 4.13. The summed E-state index contributed by atoms with van der Waals surface area (Å²) < 4.78 is 23.5. The monoisotopic (exact) mass is 523 g/mol. The normalized spacial score (nSPS) is 18.1. The molecule has 0 spiro atoms. The number of carbonyl (C=O) groups is 1. The molecule has 0 unspecified atom stereocenters. The highest BCUT2D eigenvalue weighted by Gasteiger charge is 2.40. The third-order valence-corrected chi connectivity index (χ3v) is 6.99. The minimum Gasteiger partial charge on any atom is -0.357 e. The summed E-state index contributed by atoms with van der Waals surface area (Å²) in [6, 6.07) is 3.65. The van der Waals surface area contributed by atoms with Crippen molar-refractivity contribution in [3.8, 4) is 0 Å². The smallest absolute Gasteiger partial charge is 0.227 e. The third kappa shape index (κ3) is 6.57. The first kappa shape index (κ1) is 24.6. The number of nitrogens with one attached hydrogen (secondary N) is 2. The van der Waals surface area contributed by atoms with Crippen molar-refractivity contribution in [2.75, 3.05) is 37.2 Å². The van der Waals surface area contributed by atoms with E-state index in [1.54, 1.807) is 26.1 Å². The second-order valence-corrected chi connectivity index (χ2v) is 10.00. The Bertz CT molecular complexity index is 794. The number of aryl methyl sites for hydroxylation is 1. The molecule has 1 aromatic rings. The molecule has 1 fully saturated rings. The lowest BCUT2D eigenvalue weighted by molar-refractivity contribution is -0.116. The SMILES string of the molecule is CCNC(=NCCC(=O)Nc1ccc(C)cn1)N1CCS(=O)(=O)C(C)(C)C1.I. The molecule has 0 aliphatic carbocycles. The molecule has 0 saturated carbocycles. The number of guanidine groups is 1. The van der Waals surface area contributed by atoms with Gasteiger partial charge in [0.1, 0.15) is 5.82 Å². The van der Waals surface area contributed by atoms with Gasteiger partial charge >= 0.3 is 0 Å². The molecule has 2 N–H and O–H groups in total. The van der Waals surface area contributed by atoms with Crippen LogP contribution in [0.1, 0.15) is 32.8 Å². The molecule has 0 radical (unpaired) electrons.